The molecule has 0 aromatic heterocycles. The molecule has 146 valence electrons. The van der Waals surface area contributed by atoms with Gasteiger partial charge < -0.3 is 18.9 Å². The molecule has 0 fully saturated rings. The van der Waals surface area contributed by atoms with Crippen molar-refractivity contribution in [3.63, 3.8) is 0 Å². The fraction of sp³-hybridized carbons (Fsp3) is 0.409. The number of ether oxygens (including phenoxy) is 4. The van der Waals surface area contributed by atoms with Crippen LogP contribution < -0.4 is 0 Å². The van der Waals surface area contributed by atoms with Crippen LogP contribution >= 0.6 is 0 Å². The van der Waals surface area contributed by atoms with E-state index < -0.39 is 0 Å². The molecule has 0 aliphatic carbocycles. The number of esters is 1. The molecule has 0 aliphatic heterocycles. The van der Waals surface area contributed by atoms with Crippen LogP contribution in [0.15, 0.2) is 60.7 Å². The van der Waals surface area contributed by atoms with Crippen LogP contribution in [0, 0.1) is 5.92 Å². The first-order valence-electron chi connectivity index (χ1n) is 9.10. The molecule has 27 heavy (non-hydrogen) atoms. The molecule has 0 amide bonds. The Labute approximate surface area is 161 Å². The lowest BCUT2D eigenvalue weighted by molar-refractivity contribution is -0.147. The molecule has 0 aliphatic rings. The number of hydrogen-bond donors (Lipinski definition) is 0. The second-order valence-corrected chi connectivity index (χ2v) is 6.42. The third kappa shape index (κ3) is 8.35. The molecule has 5 heteroatoms. The van der Waals surface area contributed by atoms with Crippen LogP contribution in [0.5, 0.6) is 0 Å². The zero-order chi connectivity index (χ0) is 19.3. The monoisotopic (exact) mass is 372 g/mol. The largest absolute Gasteiger partial charge is 0.469 e. The van der Waals surface area contributed by atoms with Crippen LogP contribution in [-0.4, -0.2) is 32.6 Å². The Morgan fingerprint density at radius 1 is 0.889 bits per heavy atom. The van der Waals surface area contributed by atoms with E-state index in [-0.39, 0.29) is 31.2 Å². The van der Waals surface area contributed by atoms with Gasteiger partial charge in [-0.25, -0.2) is 0 Å². The molecule has 2 aromatic carbocycles. The van der Waals surface area contributed by atoms with E-state index in [0.717, 1.165) is 11.1 Å². The van der Waals surface area contributed by atoms with Crippen molar-refractivity contribution in [2.45, 2.75) is 32.7 Å². The van der Waals surface area contributed by atoms with Crippen LogP contribution in [0.25, 0.3) is 0 Å². The van der Waals surface area contributed by atoms with Crippen molar-refractivity contribution in [1.82, 2.24) is 0 Å². The molecular weight excluding hydrogens is 344 g/mol. The molecule has 5 nitrogen and oxygen atoms in total. The molecule has 0 N–H and O–H groups in total. The van der Waals surface area contributed by atoms with Gasteiger partial charge in [0.25, 0.3) is 0 Å². The molecule has 0 saturated heterocycles. The average Bonchev–Trinajstić information content (AvgIpc) is 2.72. The zero-order valence-electron chi connectivity index (χ0n) is 16.0. The summed E-state index contributed by atoms with van der Waals surface area (Å²) in [6, 6.07) is 19.8. The van der Waals surface area contributed by atoms with E-state index in [1.165, 1.54) is 7.11 Å². The van der Waals surface area contributed by atoms with E-state index in [2.05, 4.69) is 0 Å². The summed E-state index contributed by atoms with van der Waals surface area (Å²) in [5.41, 5.74) is 2.16. The maximum absolute atomic E-state index is 11.7. The summed E-state index contributed by atoms with van der Waals surface area (Å²) in [7, 11) is 1.38. The molecular formula is C22H28O5. The Hall–Kier alpha value is -2.21. The van der Waals surface area contributed by atoms with Crippen molar-refractivity contribution in [1.29, 1.82) is 0 Å². The van der Waals surface area contributed by atoms with E-state index in [4.69, 9.17) is 18.9 Å². The summed E-state index contributed by atoms with van der Waals surface area (Å²) < 4.78 is 21.9. The second-order valence-electron chi connectivity index (χ2n) is 6.42. The van der Waals surface area contributed by atoms with Crippen LogP contribution in [0.2, 0.25) is 0 Å². The number of methoxy groups -OCH3 is 1. The molecule has 2 atom stereocenters. The highest BCUT2D eigenvalue weighted by atomic mass is 16.7. The van der Waals surface area contributed by atoms with Gasteiger partial charge in [-0.15, -0.1) is 0 Å². The van der Waals surface area contributed by atoms with Gasteiger partial charge in [0.1, 0.15) is 6.79 Å². The van der Waals surface area contributed by atoms with Crippen molar-refractivity contribution < 1.29 is 23.7 Å². The van der Waals surface area contributed by atoms with Crippen LogP contribution in [0.1, 0.15) is 24.5 Å². The van der Waals surface area contributed by atoms with Gasteiger partial charge in [0, 0.05) is 5.92 Å². The van der Waals surface area contributed by atoms with Crippen molar-refractivity contribution in [3.05, 3.63) is 71.8 Å². The van der Waals surface area contributed by atoms with Crippen molar-refractivity contribution in [2.75, 3.05) is 20.5 Å². The number of hydrogen-bond acceptors (Lipinski definition) is 5. The molecule has 2 aromatic rings. The first-order valence-corrected chi connectivity index (χ1v) is 9.10. The highest BCUT2D eigenvalue weighted by Gasteiger charge is 2.22. The minimum atomic E-state index is -0.291. The van der Waals surface area contributed by atoms with Crippen molar-refractivity contribution >= 4 is 5.97 Å². The Balaban J connectivity index is 1.74. The minimum Gasteiger partial charge on any atom is -0.469 e. The number of rotatable bonds is 12. The summed E-state index contributed by atoms with van der Waals surface area (Å²) in [5.74, 6) is -0.270. The molecule has 0 unspecified atom stereocenters. The smallest absolute Gasteiger partial charge is 0.308 e. The molecule has 0 radical (unpaired) electrons. The Morgan fingerprint density at radius 2 is 1.48 bits per heavy atom. The van der Waals surface area contributed by atoms with E-state index >= 15 is 0 Å². The Morgan fingerprint density at radius 3 is 2.07 bits per heavy atom. The summed E-state index contributed by atoms with van der Waals surface area (Å²) in [6.07, 6.45) is -0.0922. The molecule has 2 rings (SSSR count). The fourth-order valence-corrected chi connectivity index (χ4v) is 2.58. The lowest BCUT2D eigenvalue weighted by Gasteiger charge is -2.23. The van der Waals surface area contributed by atoms with Crippen molar-refractivity contribution in [2.24, 2.45) is 5.92 Å². The summed E-state index contributed by atoms with van der Waals surface area (Å²) >= 11 is 0. The van der Waals surface area contributed by atoms with E-state index in [9.17, 15) is 4.79 Å². The molecule has 0 saturated carbocycles. The maximum Gasteiger partial charge on any atom is 0.308 e. The van der Waals surface area contributed by atoms with Crippen molar-refractivity contribution in [3.8, 4) is 0 Å². The molecule has 0 heterocycles. The highest BCUT2D eigenvalue weighted by Crippen LogP contribution is 2.16. The second kappa shape index (κ2) is 12.2. The van der Waals surface area contributed by atoms with Crippen LogP contribution in [0.3, 0.4) is 0 Å². The third-order valence-electron chi connectivity index (χ3n) is 4.20. The first kappa shape index (κ1) is 21.1. The van der Waals surface area contributed by atoms with E-state index in [1.54, 1.807) is 0 Å². The quantitative estimate of drug-likeness (QED) is 0.321. The van der Waals surface area contributed by atoms with Gasteiger partial charge in [-0.05, 0) is 11.1 Å². The van der Waals surface area contributed by atoms with Gasteiger partial charge in [0.05, 0.1) is 39.5 Å². The molecule has 0 bridgehead atoms. The Bertz CT molecular complexity index is 644. The van der Waals surface area contributed by atoms with Gasteiger partial charge >= 0.3 is 5.97 Å². The normalized spacial score (nSPS) is 13.1. The third-order valence-corrected chi connectivity index (χ3v) is 4.20. The van der Waals surface area contributed by atoms with Crippen LogP contribution in [-0.2, 0) is 37.0 Å². The standard InChI is InChI=1S/C22H28O5/c1-18(14-25-17-26-15-19-9-5-3-6-10-19)21(13-22(23)24-2)27-16-20-11-7-4-8-12-20/h3-12,18,21H,13-17H2,1-2H3/t18-,21+/m1/s1. The lowest BCUT2D eigenvalue weighted by Crippen LogP contribution is -2.29. The van der Waals surface area contributed by atoms with Gasteiger partial charge in [-0.1, -0.05) is 67.6 Å². The van der Waals surface area contributed by atoms with E-state index in [0.29, 0.717) is 19.8 Å². The zero-order valence-corrected chi connectivity index (χ0v) is 16.0. The van der Waals surface area contributed by atoms with E-state index in [1.807, 2.05) is 67.6 Å². The highest BCUT2D eigenvalue weighted by molar-refractivity contribution is 5.69. The van der Waals surface area contributed by atoms with Gasteiger partial charge in [0.2, 0.25) is 0 Å². The number of carbonyl (C=O) groups is 1. The van der Waals surface area contributed by atoms with Gasteiger partial charge in [-0.3, -0.25) is 4.79 Å². The first-order chi connectivity index (χ1) is 13.2. The van der Waals surface area contributed by atoms with Crippen LogP contribution in [0.4, 0.5) is 0 Å². The summed E-state index contributed by atoms with van der Waals surface area (Å²) in [4.78, 5) is 11.7. The predicted octanol–water partition coefficient (Wildman–Crippen LogP) is 3.96. The Kier molecular flexibility index (Phi) is 9.55. The SMILES string of the molecule is COC(=O)C[C@H](OCc1ccccc1)[C@H](C)COCOCc1ccccc1. The maximum atomic E-state index is 11.7. The predicted molar refractivity (Wildman–Crippen MR) is 103 cm³/mol. The molecule has 0 spiro atoms. The summed E-state index contributed by atoms with van der Waals surface area (Å²) in [5, 5.41) is 0. The average molecular weight is 372 g/mol. The number of carbonyl (C=O) groups excluding carboxylic acids is 1. The lowest BCUT2D eigenvalue weighted by atomic mass is 10.0. The topological polar surface area (TPSA) is 54.0 Å². The number of benzene rings is 2. The summed E-state index contributed by atoms with van der Waals surface area (Å²) in [6.45, 7) is 3.58. The fourth-order valence-electron chi connectivity index (χ4n) is 2.58. The van der Waals surface area contributed by atoms with Gasteiger partial charge in [-0.2, -0.15) is 0 Å². The van der Waals surface area contributed by atoms with Gasteiger partial charge in [0.15, 0.2) is 0 Å². The minimum absolute atomic E-state index is 0.0214.